The zero-order chi connectivity index (χ0) is 27.4. The molecule has 0 aliphatic carbocycles. The number of non-ortho nitro benzene ring substituents is 1. The predicted octanol–water partition coefficient (Wildman–Crippen LogP) is 4.73. The van der Waals surface area contributed by atoms with Crippen LogP contribution < -0.4 is 10.6 Å². The van der Waals surface area contributed by atoms with E-state index in [2.05, 4.69) is 27.7 Å². The second-order valence-electron chi connectivity index (χ2n) is 10.0. The summed E-state index contributed by atoms with van der Waals surface area (Å²) >= 11 is 0. The number of hydrogen-bond acceptors (Lipinski definition) is 6. The summed E-state index contributed by atoms with van der Waals surface area (Å²) < 4.78 is 0. The highest BCUT2D eigenvalue weighted by atomic mass is 16.6. The first-order valence-electron chi connectivity index (χ1n) is 13.2. The second kappa shape index (κ2) is 11.6. The van der Waals surface area contributed by atoms with Gasteiger partial charge in [0, 0.05) is 43.4 Å². The molecule has 0 saturated carbocycles. The summed E-state index contributed by atoms with van der Waals surface area (Å²) in [4.78, 5) is 42.8. The highest BCUT2D eigenvalue weighted by molar-refractivity contribution is 6.24. The molecule has 200 valence electrons. The van der Waals surface area contributed by atoms with Crippen LogP contribution in [0.15, 0.2) is 71.7 Å². The zero-order valence-electron chi connectivity index (χ0n) is 21.9. The lowest BCUT2D eigenvalue weighted by atomic mass is 9.90. The van der Waals surface area contributed by atoms with Crippen LogP contribution in [0.1, 0.15) is 47.9 Å². The molecule has 2 aliphatic rings. The third kappa shape index (κ3) is 6.21. The molecule has 0 aromatic heterocycles. The Morgan fingerprint density at radius 1 is 1.05 bits per heavy atom. The van der Waals surface area contributed by atoms with Crippen LogP contribution in [-0.4, -0.2) is 47.0 Å². The fourth-order valence-electron chi connectivity index (χ4n) is 5.17. The molecule has 3 aromatic rings. The summed E-state index contributed by atoms with van der Waals surface area (Å²) in [5.74, 6) is -1.15. The first-order chi connectivity index (χ1) is 18.9. The van der Waals surface area contributed by atoms with Crippen molar-refractivity contribution in [3.05, 3.63) is 99.1 Å². The van der Waals surface area contributed by atoms with Crippen molar-refractivity contribution in [3.63, 3.8) is 0 Å². The van der Waals surface area contributed by atoms with Gasteiger partial charge < -0.3 is 10.6 Å². The van der Waals surface area contributed by atoms with E-state index in [0.29, 0.717) is 35.6 Å². The van der Waals surface area contributed by atoms with E-state index in [1.54, 1.807) is 6.07 Å². The highest BCUT2D eigenvalue weighted by Gasteiger charge is 2.36. The predicted molar refractivity (Wildman–Crippen MR) is 150 cm³/mol. The van der Waals surface area contributed by atoms with E-state index in [1.165, 1.54) is 37.5 Å². The Morgan fingerprint density at radius 2 is 1.74 bits per heavy atom. The minimum Gasteiger partial charge on any atom is -0.356 e. The van der Waals surface area contributed by atoms with Crippen molar-refractivity contribution in [1.82, 2.24) is 10.2 Å². The Bertz CT molecular complexity index is 1410. The highest BCUT2D eigenvalue weighted by Crippen LogP contribution is 2.38. The van der Waals surface area contributed by atoms with Crippen molar-refractivity contribution in [2.24, 2.45) is 4.99 Å². The Labute approximate surface area is 227 Å². The number of nitrogens with zero attached hydrogens (tertiary/aromatic N) is 3. The van der Waals surface area contributed by atoms with Crippen molar-refractivity contribution in [2.75, 3.05) is 25.0 Å². The number of nitro benzene ring substituents is 1. The van der Waals surface area contributed by atoms with Gasteiger partial charge in [0.1, 0.15) is 5.92 Å². The van der Waals surface area contributed by atoms with Crippen molar-refractivity contribution in [3.8, 4) is 0 Å². The van der Waals surface area contributed by atoms with Crippen LogP contribution in [0.5, 0.6) is 0 Å². The quantitative estimate of drug-likeness (QED) is 0.238. The molecule has 9 heteroatoms. The van der Waals surface area contributed by atoms with E-state index in [0.717, 1.165) is 30.8 Å². The fraction of sp³-hybridized carbons (Fsp3) is 0.300. The van der Waals surface area contributed by atoms with Crippen molar-refractivity contribution >= 4 is 34.6 Å². The first kappa shape index (κ1) is 26.2. The number of nitro groups is 1. The Morgan fingerprint density at radius 3 is 2.41 bits per heavy atom. The number of fused-ring (bicyclic) bond motifs is 1. The molecule has 2 aliphatic heterocycles. The maximum atomic E-state index is 13.2. The van der Waals surface area contributed by atoms with E-state index in [-0.39, 0.29) is 17.5 Å². The Balaban J connectivity index is 1.49. The van der Waals surface area contributed by atoms with Crippen LogP contribution >= 0.6 is 0 Å². The molecule has 0 radical (unpaired) electrons. The molecule has 0 bridgehead atoms. The molecular weight excluding hydrogens is 494 g/mol. The number of carbonyl (C=O) groups is 2. The van der Waals surface area contributed by atoms with Crippen LogP contribution in [0.4, 0.5) is 17.1 Å². The van der Waals surface area contributed by atoms with Gasteiger partial charge in [-0.3, -0.25) is 29.6 Å². The van der Waals surface area contributed by atoms with Crippen molar-refractivity contribution < 1.29 is 14.5 Å². The van der Waals surface area contributed by atoms with E-state index in [9.17, 15) is 19.7 Å². The number of anilines is 1. The lowest BCUT2D eigenvalue weighted by molar-refractivity contribution is -0.384. The van der Waals surface area contributed by atoms with Crippen molar-refractivity contribution in [1.29, 1.82) is 0 Å². The molecule has 1 fully saturated rings. The molecule has 39 heavy (non-hydrogen) atoms. The van der Waals surface area contributed by atoms with Gasteiger partial charge in [-0.25, -0.2) is 0 Å². The summed E-state index contributed by atoms with van der Waals surface area (Å²) in [6.07, 6.45) is 3.14. The topological polar surface area (TPSA) is 117 Å². The fourth-order valence-corrected chi connectivity index (χ4v) is 5.17. The molecule has 2 heterocycles. The maximum Gasteiger partial charge on any atom is 0.269 e. The number of rotatable bonds is 9. The lowest BCUT2D eigenvalue weighted by Gasteiger charge is -2.16. The molecule has 1 saturated heterocycles. The Hall–Kier alpha value is -4.37. The molecule has 0 spiro atoms. The summed E-state index contributed by atoms with van der Waals surface area (Å²) in [5, 5.41) is 17.1. The zero-order valence-corrected chi connectivity index (χ0v) is 21.9. The number of aliphatic imine (C=N–C) groups is 1. The SMILES string of the molecule is CC(=O)NCCc1ccc(C(=Nc2ccc(CN3CCCC3)cc2)C2C(=O)Nc3ccc([N+](=O)[O-])cc32)cc1. The molecule has 2 amide bonds. The molecule has 5 rings (SSSR count). The van der Waals surface area contributed by atoms with Crippen LogP contribution in [0.3, 0.4) is 0 Å². The molecule has 1 atom stereocenters. The van der Waals surface area contributed by atoms with E-state index in [1.807, 2.05) is 36.4 Å². The van der Waals surface area contributed by atoms with Crippen LogP contribution in [-0.2, 0) is 22.6 Å². The minimum absolute atomic E-state index is 0.0748. The maximum absolute atomic E-state index is 13.2. The number of benzene rings is 3. The average Bonchev–Trinajstić information content (AvgIpc) is 3.55. The molecule has 2 N–H and O–H groups in total. The van der Waals surface area contributed by atoms with E-state index < -0.39 is 10.8 Å². The summed E-state index contributed by atoms with van der Waals surface area (Å²) in [5.41, 5.74) is 5.23. The smallest absolute Gasteiger partial charge is 0.269 e. The van der Waals surface area contributed by atoms with Gasteiger partial charge in [0.25, 0.3) is 5.69 Å². The van der Waals surface area contributed by atoms with Gasteiger partial charge in [0.2, 0.25) is 11.8 Å². The summed E-state index contributed by atoms with van der Waals surface area (Å²) in [7, 11) is 0. The summed E-state index contributed by atoms with van der Waals surface area (Å²) in [6.45, 7) is 5.15. The van der Waals surface area contributed by atoms with Gasteiger partial charge in [0.05, 0.1) is 16.3 Å². The second-order valence-corrected chi connectivity index (χ2v) is 10.0. The van der Waals surface area contributed by atoms with Gasteiger partial charge in [-0.15, -0.1) is 0 Å². The number of carbonyl (C=O) groups excluding carboxylic acids is 2. The van der Waals surface area contributed by atoms with Crippen LogP contribution in [0.2, 0.25) is 0 Å². The molecule has 1 unspecified atom stereocenters. The number of hydrogen-bond donors (Lipinski definition) is 2. The third-order valence-electron chi connectivity index (χ3n) is 7.18. The molecule has 9 nitrogen and oxygen atoms in total. The van der Waals surface area contributed by atoms with Crippen molar-refractivity contribution in [2.45, 2.75) is 38.6 Å². The number of likely N-dealkylation sites (tertiary alicyclic amines) is 1. The van der Waals surface area contributed by atoms with Gasteiger partial charge in [-0.1, -0.05) is 36.4 Å². The van der Waals surface area contributed by atoms with E-state index >= 15 is 0 Å². The molecule has 3 aromatic carbocycles. The van der Waals surface area contributed by atoms with Crippen LogP contribution in [0, 0.1) is 10.1 Å². The number of nitrogens with one attached hydrogen (secondary N) is 2. The van der Waals surface area contributed by atoms with Crippen LogP contribution in [0.25, 0.3) is 0 Å². The average molecular weight is 526 g/mol. The van der Waals surface area contributed by atoms with Gasteiger partial charge >= 0.3 is 0 Å². The summed E-state index contributed by atoms with van der Waals surface area (Å²) in [6, 6.07) is 20.2. The Kier molecular flexibility index (Phi) is 7.79. The standard InChI is InChI=1S/C30H31N5O4/c1-20(36)31-15-14-21-4-8-23(9-5-21)29(28-26-18-25(35(38)39)12-13-27(26)33-30(28)37)32-24-10-6-22(7-11-24)19-34-16-2-3-17-34/h4-13,18,28H,2-3,14-17,19H2,1H3,(H,31,36)(H,33,37). The van der Waals surface area contributed by atoms with Gasteiger partial charge in [0.15, 0.2) is 0 Å². The first-order valence-corrected chi connectivity index (χ1v) is 13.2. The number of amides is 2. The van der Waals surface area contributed by atoms with Gasteiger partial charge in [-0.2, -0.15) is 0 Å². The van der Waals surface area contributed by atoms with E-state index in [4.69, 9.17) is 4.99 Å². The minimum atomic E-state index is -0.797. The monoisotopic (exact) mass is 525 g/mol. The molecular formula is C30H31N5O4. The lowest BCUT2D eigenvalue weighted by Crippen LogP contribution is -2.23. The third-order valence-corrected chi connectivity index (χ3v) is 7.18. The van der Waals surface area contributed by atoms with Gasteiger partial charge in [-0.05, 0) is 67.2 Å². The largest absolute Gasteiger partial charge is 0.356 e. The normalized spacial score (nSPS) is 17.1.